The van der Waals surface area contributed by atoms with E-state index in [9.17, 15) is 106 Å². The van der Waals surface area contributed by atoms with E-state index in [4.69, 9.17) is 72.1 Å². The van der Waals surface area contributed by atoms with E-state index >= 15 is 0 Å². The predicted molar refractivity (Wildman–Crippen MR) is 530 cm³/mol. The van der Waals surface area contributed by atoms with Crippen molar-refractivity contribution in [1.29, 1.82) is 10.5 Å². The molecule has 3 aromatic carbocycles. The number of aliphatic hydroxyl groups is 1. The van der Waals surface area contributed by atoms with Crippen LogP contribution in [0.25, 0.3) is 0 Å². The van der Waals surface area contributed by atoms with E-state index < -0.39 is 186 Å². The monoisotopic (exact) mass is 2240 g/mol. The van der Waals surface area contributed by atoms with Crippen LogP contribution in [0.2, 0.25) is 0 Å². The number of sulfonamides is 2. The minimum atomic E-state index is -3.61. The molecule has 10 rings (SSSR count). The molecule has 3 aromatic rings. The smallest absolute Gasteiger partial charge is 0.512 e. The molecule has 38 nitrogen and oxygen atoms in total. The molecule has 7 saturated heterocycles. The Balaban J connectivity index is -0.00000158. The fourth-order valence-corrected chi connectivity index (χ4v) is 17.1. The normalized spacial score (nSPS) is 22.4. The summed E-state index contributed by atoms with van der Waals surface area (Å²) in [4.78, 5) is 89.7. The first kappa shape index (κ1) is 142. The number of nitrogens with one attached hydrogen (secondary N) is 3. The molecule has 0 aromatic heterocycles. The number of carbonyl (C=O) groups is 7. The van der Waals surface area contributed by atoms with Gasteiger partial charge >= 0.3 is 72.1 Å². The molecule has 7 aliphatic heterocycles. The van der Waals surface area contributed by atoms with Gasteiger partial charge in [0.1, 0.15) is 82.8 Å². The van der Waals surface area contributed by atoms with Gasteiger partial charge in [0.2, 0.25) is 29.1 Å². The van der Waals surface area contributed by atoms with Crippen molar-refractivity contribution in [2.75, 3.05) is 91.2 Å². The van der Waals surface area contributed by atoms with Crippen molar-refractivity contribution in [2.45, 2.75) is 336 Å². The first-order valence-corrected chi connectivity index (χ1v) is 54.9. The van der Waals surface area contributed by atoms with Crippen LogP contribution < -0.4 is 50.1 Å². The summed E-state index contributed by atoms with van der Waals surface area (Å²) in [5, 5.41) is 35.7. The van der Waals surface area contributed by atoms with Gasteiger partial charge in [-0.05, 0) is 193 Å². The number of amides is 6. The van der Waals surface area contributed by atoms with Gasteiger partial charge in [0.05, 0.1) is 110 Å². The predicted octanol–water partition coefficient (Wildman–Crippen LogP) is 11.7. The fourth-order valence-electron chi connectivity index (χ4n) is 13.8. The first-order chi connectivity index (χ1) is 64.9. The number of nitrogens with zero attached hydrogens (tertiary/aromatic N) is 8. The summed E-state index contributed by atoms with van der Waals surface area (Å²) in [6.45, 7) is 36.6. The average Bonchev–Trinajstić information content (AvgIpc) is 1.72. The number of nitrogens with two attached hydrogens (primary N) is 1. The molecule has 6 amide bonds. The Hall–Kier alpha value is -7.38. The van der Waals surface area contributed by atoms with Crippen LogP contribution in [0, 0.1) is 23.2 Å². The zero-order valence-corrected chi connectivity index (χ0v) is 93.6. The first-order valence-electron chi connectivity index (χ1n) is 45.1. The summed E-state index contributed by atoms with van der Waals surface area (Å²) in [6, 6.07) is 23.1. The van der Waals surface area contributed by atoms with Crippen LogP contribution in [0.5, 0.6) is 0 Å². The van der Waals surface area contributed by atoms with Crippen LogP contribution in [0.15, 0.2) is 106 Å². The van der Waals surface area contributed by atoms with Gasteiger partial charge in [-0.25, -0.2) is 107 Å². The fraction of sp³-hybridized carbons (Fsp3) is 0.703. The van der Waals surface area contributed by atoms with Crippen molar-refractivity contribution >= 4 is 125 Å². The van der Waals surface area contributed by atoms with Gasteiger partial charge in [-0.15, -0.1) is 12.4 Å². The topological polar surface area (TPSA) is 524 Å². The van der Waals surface area contributed by atoms with Crippen molar-refractivity contribution in [2.24, 2.45) is 5.73 Å². The number of carbonyl (C=O) groups excluding carboxylic acids is 6. The molecule has 7 heterocycles. The van der Waals surface area contributed by atoms with Crippen LogP contribution >= 0.6 is 33.8 Å². The molecule has 828 valence electrons. The Morgan fingerprint density at radius 3 is 0.993 bits per heavy atom. The van der Waals surface area contributed by atoms with Gasteiger partial charge in [0.15, 0.2) is 0 Å². The second kappa shape index (κ2) is 64.3. The molecule has 14 atom stereocenters. The molecule has 0 saturated carbocycles. The van der Waals surface area contributed by atoms with Crippen LogP contribution in [-0.2, 0) is 85.7 Å². The van der Waals surface area contributed by atoms with Gasteiger partial charge in [-0.2, -0.15) is 13.7 Å². The van der Waals surface area contributed by atoms with Crippen LogP contribution in [0.3, 0.4) is 0 Å². The molecule has 0 spiro atoms. The quantitative estimate of drug-likeness (QED) is 0.0162. The standard InChI is InChI=1S/C17H25FN2O4S.C12H17FN2O2S.C11H21FN2O2.C11H17FN2O2.C11H20FNO5S.C10H16FNO4.C10H18FNO3.C6H5ClO2S.CH3ClO2S.CN.CH4.ClH.Na/c1-17(2,3)24-16(21)20-12-13(18)11-14(20)9-10-19-25(22,23)15-7-5-4-6-8-15;13-10-8-11(14-9-10)6-7-15-18(16,17)12-4-2-1-3-5-12;2*1-11(2,3)16-10(15)14-7-8(12)6-9(14)4-5-13;1-11(2,3)18-10(14)13-6-8(12)5-9(13)7-17-19(4,15)16;1-10(2,3)16-9(15)12-5-6(11)4-7(12)8(13)14;1-10(2,3)15-9(14)12-5-7(11)4-8(12)6-13;7-10(8,9)6-4-2-1-3-5-6;1-5(2,3)4;1-2;;;/h4-8,13-14,19H,9-12H2,1-3H3;1-5,10-11,14-15H,6-9H2;8-9H,4-7,13H2,1-3H3;8-9H,4,6-7H2,1-3H3;8-9H,5-7H2,1-4H3;6-7H,4-5H2,1-3H3,(H,13,14);7-8,13H,4-6H2,1-3H3;1-5H;1H3;;1H4;1H;/q;;;;;;;;;-1;;;+1/t13-,14-;10-,11-;2*8-,9-;8-,9+;6-,7+;7-,8+;;;;;;/m1111111....../s1. The molecule has 0 aliphatic carbocycles. The maximum atomic E-state index is 13.8. The molecule has 0 unspecified atom stereocenters. The molecule has 145 heavy (non-hydrogen) atoms. The molecule has 0 radical (unpaired) electrons. The Bertz CT molecular complexity index is 5080. The number of hydrogen-bond acceptors (Lipinski definition) is 29. The third-order valence-electron chi connectivity index (χ3n) is 19.5. The van der Waals surface area contributed by atoms with E-state index in [0.29, 0.717) is 51.7 Å². The van der Waals surface area contributed by atoms with E-state index in [2.05, 4.69) is 29.6 Å². The molecule has 0 bridgehead atoms. The number of halogens is 10. The van der Waals surface area contributed by atoms with E-state index in [1.165, 1.54) is 48.8 Å². The van der Waals surface area contributed by atoms with Crippen LogP contribution in [-0.4, -0.2) is 335 Å². The zero-order valence-electron chi connectivity index (χ0n) is 85.2. The molecule has 7 fully saturated rings. The Morgan fingerprint density at radius 2 is 0.710 bits per heavy atom. The number of alkyl halides is 7. The molecule has 7 N–H and O–H groups in total. The largest absolute Gasteiger partial charge is 1.00 e. The van der Waals surface area contributed by atoms with Crippen molar-refractivity contribution < 1.29 is 179 Å². The maximum absolute atomic E-state index is 13.8. The van der Waals surface area contributed by atoms with Gasteiger partial charge in [-0.1, -0.05) is 62.0 Å². The minimum absolute atomic E-state index is 0. The number of aliphatic carboxylic acids is 1. The number of aliphatic hydroxyl groups excluding tert-OH is 1. The van der Waals surface area contributed by atoms with Gasteiger partial charge < -0.3 is 76.2 Å². The maximum Gasteiger partial charge on any atom is 1.00 e. The van der Waals surface area contributed by atoms with Crippen molar-refractivity contribution in [1.82, 2.24) is 44.2 Å². The number of rotatable bonds is 19. The number of nitriles is 1. The van der Waals surface area contributed by atoms with Gasteiger partial charge in [0, 0.05) is 97.6 Å². The SMILES string of the molecule is C.CC(C)(C)OC(=O)N1C[C@H](F)C[C@H]1C(=O)O.CC(C)(C)OC(=O)N1C[C@H](F)C[C@H]1CC#N.CC(C)(C)OC(=O)N1C[C@H](F)C[C@H]1CCN.CC(C)(C)OC(=O)N1C[C@H](F)C[C@H]1CCNS(=O)(=O)c1ccccc1.CC(C)(C)OC(=O)N1C[C@H](F)C[C@H]1CO.CC(C)(C)OC(=O)N1C[C@H](F)C[C@H]1COS(C)(=O)=O.CS(=O)(=O)Cl.Cl.O=S(=O)(Cl)c1ccccc1.O=S(=O)(NCC[C@@H]1C[C@@H](F)CN1)c1ccccc1.[C-]#N.[Na+]. The number of carboxylic acid groups (broad SMARTS) is 1. The Kier molecular flexibility index (Phi) is 62.9. The molecule has 7 aliphatic rings. The van der Waals surface area contributed by atoms with Crippen molar-refractivity contribution in [3.8, 4) is 6.07 Å². The minimum Gasteiger partial charge on any atom is -0.512 e. The number of ether oxygens (including phenoxy) is 6. The van der Waals surface area contributed by atoms with Gasteiger partial charge in [-0.3, -0.25) is 18.9 Å². The van der Waals surface area contributed by atoms with Crippen molar-refractivity contribution in [3.05, 3.63) is 97.6 Å². The number of carboxylic acids is 1. The van der Waals surface area contributed by atoms with Crippen LogP contribution in [0.4, 0.5) is 59.5 Å². The third-order valence-corrected chi connectivity index (χ3v) is 24.4. The second-order valence-electron chi connectivity index (χ2n) is 39.4. The molecular formula is C91H147Cl3F7N12NaO26S5. The molecule has 54 heteroatoms. The number of hydrogen-bond donors (Lipinski definition) is 6. The second-order valence-corrected chi connectivity index (χ2v) is 50.2. The summed E-state index contributed by atoms with van der Waals surface area (Å²) in [5.74, 6) is -1.20. The molecular weight excluding hydrogens is 2100 g/mol. The van der Waals surface area contributed by atoms with Crippen LogP contribution in [0.1, 0.15) is 203 Å². The summed E-state index contributed by atoms with van der Waals surface area (Å²) in [7, 11) is -7.85. The van der Waals surface area contributed by atoms with E-state index in [-0.39, 0.29) is 186 Å². The van der Waals surface area contributed by atoms with E-state index in [0.717, 1.165) is 17.4 Å². The zero-order chi connectivity index (χ0) is 109. The average molecular weight is 2250 g/mol. The van der Waals surface area contributed by atoms with E-state index in [1.807, 2.05) is 6.07 Å². The summed E-state index contributed by atoms with van der Waals surface area (Å²) < 4.78 is 243. The number of benzene rings is 3. The van der Waals surface area contributed by atoms with Crippen molar-refractivity contribution in [3.63, 3.8) is 0 Å². The Labute approximate surface area is 888 Å². The third kappa shape index (κ3) is 60.9. The Morgan fingerprint density at radius 1 is 0.441 bits per heavy atom. The number of likely N-dealkylation sites (tertiary alicyclic amines) is 6. The summed E-state index contributed by atoms with van der Waals surface area (Å²) in [6.07, 6.45) is -6.15. The van der Waals surface area contributed by atoms with E-state index in [1.54, 1.807) is 191 Å². The van der Waals surface area contributed by atoms with Gasteiger partial charge in [0.25, 0.3) is 19.2 Å². The summed E-state index contributed by atoms with van der Waals surface area (Å²) >= 11 is 0. The summed E-state index contributed by atoms with van der Waals surface area (Å²) in [5.41, 5.74) is 1.65.